The third-order valence-electron chi connectivity index (χ3n) is 0.358. The number of halogens is 2. The van der Waals surface area contributed by atoms with Gasteiger partial charge in [-0.25, -0.2) is 0 Å². The molecule has 0 nitrogen and oxygen atoms in total. The van der Waals surface area contributed by atoms with Gasteiger partial charge in [-0.15, -0.1) is 0 Å². The quantitative estimate of drug-likeness (QED) is 0.649. The van der Waals surface area contributed by atoms with Crippen molar-refractivity contribution in [2.75, 3.05) is 0 Å². The van der Waals surface area contributed by atoms with E-state index in [0.29, 0.717) is 0 Å². The molecule has 0 aromatic rings. The van der Waals surface area contributed by atoms with E-state index in [2.05, 4.69) is 6.92 Å². The molecule has 0 amide bonds. The van der Waals surface area contributed by atoms with Crippen LogP contribution in [-0.4, -0.2) is 3.76 Å². The average molecular weight is 291 g/mol. The molecule has 6 heavy (non-hydrogen) atoms. The molecule has 0 aliphatic heterocycles. The molecule has 0 heterocycles. The second-order valence-electron chi connectivity index (χ2n) is 0.902. The third kappa shape index (κ3) is 5.32. The van der Waals surface area contributed by atoms with Crippen LogP contribution in [-0.2, 0) is 18.6 Å². The summed E-state index contributed by atoms with van der Waals surface area (Å²) in [5.41, 5.74) is 0. The molecule has 0 unspecified atom stereocenters. The Bertz CT molecular complexity index is 55.8. The topological polar surface area (TPSA) is 0 Å². The Hall–Kier alpha value is 1.32. The van der Waals surface area contributed by atoms with Crippen LogP contribution in [0.1, 0.15) is 13.3 Å². The molecule has 0 spiro atoms. The number of rotatable bonds is 1. The first kappa shape index (κ1) is 7.32. The summed E-state index contributed by atoms with van der Waals surface area (Å²) in [6.45, 7) is 2.05. The fourth-order valence-electron chi connectivity index (χ4n) is 0.154. The molecule has 0 rings (SSSR count). The normalized spacial score (nSPS) is 7.83. The minimum absolute atomic E-state index is 1.04. The van der Waals surface area contributed by atoms with E-state index in [9.17, 15) is 0 Å². The van der Waals surface area contributed by atoms with Gasteiger partial charge in [-0.2, -0.15) is 0 Å². The fourth-order valence-corrected chi connectivity index (χ4v) is 3.79. The molecule has 0 aliphatic rings. The molecule has 0 radical (unpaired) electrons. The summed E-state index contributed by atoms with van der Waals surface area (Å²) >= 11 is -1.92. The fraction of sp³-hybridized carbons (Fsp3) is 0.667. The van der Waals surface area contributed by atoms with Gasteiger partial charge in [0.1, 0.15) is 0 Å². The zero-order valence-corrected chi connectivity index (χ0v) is 8.64. The molecule has 0 saturated heterocycles. The summed E-state index contributed by atoms with van der Waals surface area (Å²) in [6, 6.07) is 0. The van der Waals surface area contributed by atoms with Crippen molar-refractivity contribution in [2.24, 2.45) is 0 Å². The van der Waals surface area contributed by atoms with Crippen LogP contribution in [0.15, 0.2) is 0 Å². The SMILES string of the molecule is CC[CH]=[Hf]([Cl])[Cl]. The van der Waals surface area contributed by atoms with Crippen molar-refractivity contribution in [1.82, 2.24) is 0 Å². The van der Waals surface area contributed by atoms with E-state index >= 15 is 0 Å². The van der Waals surface area contributed by atoms with Gasteiger partial charge in [-0.05, 0) is 0 Å². The van der Waals surface area contributed by atoms with Gasteiger partial charge in [-0.1, -0.05) is 0 Å². The molecule has 36 valence electrons. The van der Waals surface area contributed by atoms with Crippen molar-refractivity contribution in [3.8, 4) is 0 Å². The summed E-state index contributed by atoms with van der Waals surface area (Å²) in [7, 11) is 11.0. The number of hydrogen-bond acceptors (Lipinski definition) is 0. The molecule has 0 fully saturated rings. The van der Waals surface area contributed by atoms with Crippen molar-refractivity contribution in [3.05, 3.63) is 0 Å². The van der Waals surface area contributed by atoms with Crippen molar-refractivity contribution in [1.29, 1.82) is 0 Å². The second kappa shape index (κ2) is 4.48. The molecule has 3 heteroatoms. The molecule has 0 bridgehead atoms. The second-order valence-corrected chi connectivity index (χ2v) is 12.7. The first-order valence-electron chi connectivity index (χ1n) is 1.78. The first-order valence-corrected chi connectivity index (χ1v) is 12.8. The van der Waals surface area contributed by atoms with E-state index in [1.807, 2.05) is 3.76 Å². The van der Waals surface area contributed by atoms with Crippen LogP contribution in [0.2, 0.25) is 0 Å². The standard InChI is InChI=1S/C3H6.2ClH.Hf/c1-3-2;;;/h1H,3H2,2H3;2*1H;/q;;;+2/p-2. The number of hydrogen-bond donors (Lipinski definition) is 0. The Kier molecular flexibility index (Phi) is 5.46. The van der Waals surface area contributed by atoms with Crippen molar-refractivity contribution < 1.29 is 18.6 Å². The van der Waals surface area contributed by atoms with Gasteiger partial charge in [-0.3, -0.25) is 0 Å². The predicted molar refractivity (Wildman–Crippen MR) is 28.1 cm³/mol. The molecule has 0 saturated carbocycles. The Morgan fingerprint density at radius 1 is 1.67 bits per heavy atom. The van der Waals surface area contributed by atoms with Crippen LogP contribution in [0.4, 0.5) is 0 Å². The summed E-state index contributed by atoms with van der Waals surface area (Å²) in [5, 5.41) is 0. The molecule has 0 atom stereocenters. The Morgan fingerprint density at radius 3 is 2.17 bits per heavy atom. The van der Waals surface area contributed by atoms with Gasteiger partial charge in [0.05, 0.1) is 0 Å². The average Bonchev–Trinajstić information content (AvgIpc) is 1.35. The van der Waals surface area contributed by atoms with Crippen LogP contribution in [0.25, 0.3) is 0 Å². The summed E-state index contributed by atoms with van der Waals surface area (Å²) in [4.78, 5) is 0. The van der Waals surface area contributed by atoms with Crippen LogP contribution in [0.3, 0.4) is 0 Å². The molecule has 0 N–H and O–H groups in total. The van der Waals surface area contributed by atoms with E-state index in [-0.39, 0.29) is 0 Å². The van der Waals surface area contributed by atoms with E-state index in [4.69, 9.17) is 17.2 Å². The van der Waals surface area contributed by atoms with Gasteiger partial charge in [0.2, 0.25) is 0 Å². The first-order chi connectivity index (χ1) is 2.77. The molecule has 0 aromatic carbocycles. The summed E-state index contributed by atoms with van der Waals surface area (Å²) in [5.74, 6) is 0. The van der Waals surface area contributed by atoms with Gasteiger partial charge >= 0.3 is 52.8 Å². The Balaban J connectivity index is 3.14. The Morgan fingerprint density at radius 2 is 2.17 bits per heavy atom. The van der Waals surface area contributed by atoms with Crippen molar-refractivity contribution in [3.63, 3.8) is 0 Å². The van der Waals surface area contributed by atoms with Gasteiger partial charge in [0.25, 0.3) is 0 Å². The Labute approximate surface area is 52.6 Å². The third-order valence-corrected chi connectivity index (χ3v) is 5.46. The molecular formula is C3H6Cl2Hf. The van der Waals surface area contributed by atoms with Crippen molar-refractivity contribution in [2.45, 2.75) is 13.3 Å². The molecular weight excluding hydrogens is 285 g/mol. The molecule has 0 aliphatic carbocycles. The van der Waals surface area contributed by atoms with Crippen LogP contribution >= 0.6 is 17.2 Å². The van der Waals surface area contributed by atoms with E-state index in [0.717, 1.165) is 6.42 Å². The zero-order chi connectivity index (χ0) is 4.99. The van der Waals surface area contributed by atoms with Crippen LogP contribution < -0.4 is 0 Å². The maximum atomic E-state index is 5.50. The van der Waals surface area contributed by atoms with Crippen LogP contribution in [0.5, 0.6) is 0 Å². The van der Waals surface area contributed by atoms with Gasteiger partial charge in [0, 0.05) is 0 Å². The zero-order valence-electron chi connectivity index (χ0n) is 3.54. The monoisotopic (exact) mass is 292 g/mol. The summed E-state index contributed by atoms with van der Waals surface area (Å²) < 4.78 is 2.04. The minimum atomic E-state index is -1.92. The van der Waals surface area contributed by atoms with Gasteiger partial charge in [0.15, 0.2) is 0 Å². The maximum absolute atomic E-state index is 5.50. The van der Waals surface area contributed by atoms with Crippen molar-refractivity contribution >= 4 is 20.9 Å². The van der Waals surface area contributed by atoms with E-state index < -0.39 is 18.6 Å². The summed E-state index contributed by atoms with van der Waals surface area (Å²) in [6.07, 6.45) is 1.04. The van der Waals surface area contributed by atoms with E-state index in [1.54, 1.807) is 0 Å². The van der Waals surface area contributed by atoms with E-state index in [1.165, 1.54) is 0 Å². The van der Waals surface area contributed by atoms with Gasteiger partial charge < -0.3 is 0 Å². The predicted octanol–water partition coefficient (Wildman–Crippen LogP) is 2.12. The van der Waals surface area contributed by atoms with Crippen LogP contribution in [0, 0.1) is 0 Å². The molecule has 0 aromatic heterocycles.